The van der Waals surface area contributed by atoms with Crippen molar-refractivity contribution >= 4 is 23.5 Å². The van der Waals surface area contributed by atoms with Crippen molar-refractivity contribution in [1.82, 2.24) is 9.47 Å². The van der Waals surface area contributed by atoms with Crippen LogP contribution in [0.4, 0.5) is 0 Å². The molecule has 1 aromatic heterocycles. The number of nitrogens with zero attached hydrogens (tertiary/aromatic N) is 3. The van der Waals surface area contributed by atoms with Gasteiger partial charge in [-0.2, -0.15) is 0 Å². The SMILES string of the molecule is CN1C(=O)CCC(C)(C)Oc2ccc(-c3cc(Cl)cn(C)c3=O)cc2CN=C1N. The van der Waals surface area contributed by atoms with Gasteiger partial charge in [-0.05, 0) is 44.0 Å². The molecule has 2 heterocycles. The number of fused-ring (bicyclic) bond motifs is 1. The van der Waals surface area contributed by atoms with E-state index in [0.717, 1.165) is 5.56 Å². The second-order valence-electron chi connectivity index (χ2n) is 7.80. The van der Waals surface area contributed by atoms with E-state index < -0.39 is 5.60 Å². The molecule has 8 heteroatoms. The van der Waals surface area contributed by atoms with Crippen LogP contribution < -0.4 is 16.0 Å². The highest BCUT2D eigenvalue weighted by molar-refractivity contribution is 6.30. The van der Waals surface area contributed by atoms with Crippen molar-refractivity contribution < 1.29 is 9.53 Å². The van der Waals surface area contributed by atoms with Crippen LogP contribution in [0.1, 0.15) is 32.3 Å². The van der Waals surface area contributed by atoms with Gasteiger partial charge >= 0.3 is 0 Å². The van der Waals surface area contributed by atoms with E-state index in [1.165, 1.54) is 9.47 Å². The maximum Gasteiger partial charge on any atom is 0.258 e. The summed E-state index contributed by atoms with van der Waals surface area (Å²) in [5, 5.41) is 0.471. The Morgan fingerprint density at radius 1 is 1.21 bits per heavy atom. The van der Waals surface area contributed by atoms with Crippen LogP contribution in [0, 0.1) is 0 Å². The Kier molecular flexibility index (Phi) is 5.71. The lowest BCUT2D eigenvalue weighted by Gasteiger charge is -2.28. The fourth-order valence-corrected chi connectivity index (χ4v) is 3.43. The van der Waals surface area contributed by atoms with Crippen LogP contribution in [-0.2, 0) is 18.4 Å². The predicted octanol–water partition coefficient (Wildman–Crippen LogP) is 2.93. The van der Waals surface area contributed by atoms with Gasteiger partial charge in [0.05, 0.1) is 11.6 Å². The maximum absolute atomic E-state index is 12.6. The largest absolute Gasteiger partial charge is 0.487 e. The van der Waals surface area contributed by atoms with Crippen molar-refractivity contribution in [3.63, 3.8) is 0 Å². The molecule has 29 heavy (non-hydrogen) atoms. The molecule has 3 rings (SSSR count). The number of rotatable bonds is 1. The number of nitrogens with two attached hydrogens (primary N) is 1. The van der Waals surface area contributed by atoms with E-state index in [2.05, 4.69) is 4.99 Å². The fraction of sp³-hybridized carbons (Fsp3) is 0.381. The van der Waals surface area contributed by atoms with Gasteiger partial charge in [0.2, 0.25) is 5.91 Å². The molecule has 0 fully saturated rings. The van der Waals surface area contributed by atoms with Gasteiger partial charge in [0.1, 0.15) is 11.4 Å². The Morgan fingerprint density at radius 3 is 2.66 bits per heavy atom. The second kappa shape index (κ2) is 7.91. The van der Waals surface area contributed by atoms with Gasteiger partial charge in [0.15, 0.2) is 5.96 Å². The molecular weight excluding hydrogens is 392 g/mol. The molecule has 0 saturated heterocycles. The fourth-order valence-electron chi connectivity index (χ4n) is 3.17. The Morgan fingerprint density at radius 2 is 1.93 bits per heavy atom. The van der Waals surface area contributed by atoms with E-state index in [4.69, 9.17) is 22.1 Å². The third-order valence-corrected chi connectivity index (χ3v) is 5.18. The molecule has 1 aliphatic heterocycles. The second-order valence-corrected chi connectivity index (χ2v) is 8.24. The molecule has 0 radical (unpaired) electrons. The van der Waals surface area contributed by atoms with Gasteiger partial charge in [0, 0.05) is 37.8 Å². The molecule has 0 aliphatic carbocycles. The summed E-state index contributed by atoms with van der Waals surface area (Å²) < 4.78 is 7.66. The van der Waals surface area contributed by atoms with Crippen LogP contribution >= 0.6 is 11.6 Å². The molecule has 0 atom stereocenters. The quantitative estimate of drug-likeness (QED) is 0.773. The normalized spacial score (nSPS) is 17.1. The first-order chi connectivity index (χ1) is 13.6. The van der Waals surface area contributed by atoms with Crippen LogP contribution in [0.25, 0.3) is 11.1 Å². The third kappa shape index (κ3) is 4.62. The monoisotopic (exact) mass is 416 g/mol. The lowest BCUT2D eigenvalue weighted by Crippen LogP contribution is -2.39. The van der Waals surface area contributed by atoms with E-state index in [1.807, 2.05) is 32.0 Å². The Bertz CT molecular complexity index is 1040. The van der Waals surface area contributed by atoms with Gasteiger partial charge in [-0.15, -0.1) is 0 Å². The number of aromatic nitrogens is 1. The summed E-state index contributed by atoms with van der Waals surface area (Å²) in [5.41, 5.74) is 7.24. The number of benzene rings is 1. The molecular formula is C21H25ClN4O3. The zero-order valence-electron chi connectivity index (χ0n) is 17.0. The summed E-state index contributed by atoms with van der Waals surface area (Å²) in [6.07, 6.45) is 2.40. The number of carbonyl (C=O) groups is 1. The van der Waals surface area contributed by atoms with Gasteiger partial charge in [-0.3, -0.25) is 14.5 Å². The number of ether oxygens (including phenoxy) is 1. The van der Waals surface area contributed by atoms with E-state index in [-0.39, 0.29) is 24.0 Å². The third-order valence-electron chi connectivity index (χ3n) is 4.98. The summed E-state index contributed by atoms with van der Waals surface area (Å²) in [4.78, 5) is 30.6. The van der Waals surface area contributed by atoms with Crippen molar-refractivity contribution in [3.8, 4) is 16.9 Å². The molecule has 154 valence electrons. The minimum Gasteiger partial charge on any atom is -0.487 e. The van der Waals surface area contributed by atoms with Crippen LogP contribution in [0.2, 0.25) is 5.02 Å². The molecule has 0 saturated carbocycles. The first-order valence-corrected chi connectivity index (χ1v) is 9.70. The Balaban J connectivity index is 2.11. The molecule has 0 spiro atoms. The van der Waals surface area contributed by atoms with Crippen LogP contribution in [0.5, 0.6) is 5.75 Å². The van der Waals surface area contributed by atoms with Crippen molar-refractivity contribution in [2.24, 2.45) is 17.8 Å². The lowest BCUT2D eigenvalue weighted by molar-refractivity contribution is -0.127. The molecule has 1 aromatic carbocycles. The summed E-state index contributed by atoms with van der Waals surface area (Å²) in [6.45, 7) is 4.09. The van der Waals surface area contributed by atoms with Crippen molar-refractivity contribution in [2.75, 3.05) is 7.05 Å². The number of hydrogen-bond donors (Lipinski definition) is 1. The van der Waals surface area contributed by atoms with Gasteiger partial charge in [0.25, 0.3) is 5.56 Å². The van der Waals surface area contributed by atoms with E-state index in [9.17, 15) is 9.59 Å². The molecule has 2 N–H and O–H groups in total. The average Bonchev–Trinajstić information content (AvgIpc) is 2.67. The minimum absolute atomic E-state index is 0.114. The van der Waals surface area contributed by atoms with Gasteiger partial charge in [-0.25, -0.2) is 4.99 Å². The number of aryl methyl sites for hydroxylation is 1. The minimum atomic E-state index is -0.557. The highest BCUT2D eigenvalue weighted by atomic mass is 35.5. The zero-order valence-corrected chi connectivity index (χ0v) is 17.8. The zero-order chi connectivity index (χ0) is 21.3. The smallest absolute Gasteiger partial charge is 0.258 e. The van der Waals surface area contributed by atoms with Crippen molar-refractivity contribution in [3.05, 3.63) is 51.4 Å². The average molecular weight is 417 g/mol. The molecule has 0 unspecified atom stereocenters. The number of guanidine groups is 1. The van der Waals surface area contributed by atoms with Crippen molar-refractivity contribution in [2.45, 2.75) is 38.8 Å². The first kappa shape index (κ1) is 20.9. The Labute approximate surface area is 174 Å². The standard InChI is InChI=1S/C21H25ClN4O3/c1-21(2)8-7-18(27)26(4)20(23)24-11-14-9-13(5-6-17(14)29-21)16-10-15(22)12-25(3)19(16)28/h5-6,9-10,12H,7-8,11H2,1-4H3,(H2,23,24). The molecule has 1 aliphatic rings. The van der Waals surface area contributed by atoms with Gasteiger partial charge in [-0.1, -0.05) is 17.7 Å². The summed E-state index contributed by atoms with van der Waals surface area (Å²) >= 11 is 6.15. The number of amides is 1. The molecule has 7 nitrogen and oxygen atoms in total. The topological polar surface area (TPSA) is 89.9 Å². The number of carbonyl (C=O) groups excluding carboxylic acids is 1. The number of aliphatic imine (C=N–C) groups is 1. The summed E-state index contributed by atoms with van der Waals surface area (Å²) in [5.74, 6) is 0.674. The van der Waals surface area contributed by atoms with E-state index in [0.29, 0.717) is 34.7 Å². The van der Waals surface area contributed by atoms with E-state index >= 15 is 0 Å². The highest BCUT2D eigenvalue weighted by Gasteiger charge is 2.25. The van der Waals surface area contributed by atoms with E-state index in [1.54, 1.807) is 26.4 Å². The lowest BCUT2D eigenvalue weighted by atomic mass is 10.0. The van der Waals surface area contributed by atoms with Gasteiger partial charge < -0.3 is 15.0 Å². The first-order valence-electron chi connectivity index (χ1n) is 9.32. The number of hydrogen-bond acceptors (Lipinski definition) is 5. The predicted molar refractivity (Wildman–Crippen MR) is 114 cm³/mol. The van der Waals surface area contributed by atoms with Crippen LogP contribution in [-0.4, -0.2) is 34.0 Å². The van der Waals surface area contributed by atoms with Crippen LogP contribution in [0.3, 0.4) is 0 Å². The molecule has 1 amide bonds. The molecule has 0 bridgehead atoms. The molecule has 2 aromatic rings. The highest BCUT2D eigenvalue weighted by Crippen LogP contribution is 2.31. The number of pyridine rings is 1. The van der Waals surface area contributed by atoms with Crippen molar-refractivity contribution in [1.29, 1.82) is 0 Å². The summed E-state index contributed by atoms with van der Waals surface area (Å²) in [6, 6.07) is 7.15. The Hall–Kier alpha value is -2.80. The summed E-state index contributed by atoms with van der Waals surface area (Å²) in [7, 11) is 3.27. The van der Waals surface area contributed by atoms with Crippen LogP contribution in [0.15, 0.2) is 40.2 Å². The maximum atomic E-state index is 12.6. The number of halogens is 1.